The number of rotatable bonds is 7. The third-order valence-electron chi connectivity index (χ3n) is 5.09. The van der Waals surface area contributed by atoms with Crippen LogP contribution in [0, 0.1) is 13.8 Å². The number of nitrogens with zero attached hydrogens (tertiary/aromatic N) is 2. The van der Waals surface area contributed by atoms with E-state index in [1.807, 2.05) is 6.07 Å². The molecule has 3 aromatic rings. The number of para-hydroxylation sites is 1. The molecule has 0 radical (unpaired) electrons. The van der Waals surface area contributed by atoms with Gasteiger partial charge in [0.1, 0.15) is 13.1 Å². The molecule has 1 atom stereocenters. The quantitative estimate of drug-likeness (QED) is 0.665. The first-order chi connectivity index (χ1) is 12.6. The van der Waals surface area contributed by atoms with Crippen LogP contribution in [0.15, 0.2) is 60.7 Å². The van der Waals surface area contributed by atoms with E-state index in [1.54, 1.807) is 0 Å². The van der Waals surface area contributed by atoms with Crippen molar-refractivity contribution in [2.75, 3.05) is 20.6 Å². The first-order valence-corrected chi connectivity index (χ1v) is 9.35. The monoisotopic (exact) mass is 350 g/mol. The van der Waals surface area contributed by atoms with Gasteiger partial charge in [-0.1, -0.05) is 48.5 Å². The fourth-order valence-electron chi connectivity index (χ4n) is 3.58. The van der Waals surface area contributed by atoms with Crippen molar-refractivity contribution in [3.8, 4) is 5.69 Å². The molecule has 0 aliphatic rings. The maximum Gasteiger partial charge on any atom is 0.162 e. The number of quaternary nitrogens is 2. The molecule has 1 heterocycles. The molecule has 136 valence electrons. The summed E-state index contributed by atoms with van der Waals surface area (Å²) < 4.78 is 2.06. The minimum absolute atomic E-state index is 0.487. The van der Waals surface area contributed by atoms with E-state index in [0.29, 0.717) is 6.04 Å². The third kappa shape index (κ3) is 4.03. The highest BCUT2D eigenvalue weighted by atomic mass is 15.3. The van der Waals surface area contributed by atoms with Crippen LogP contribution in [-0.4, -0.2) is 30.4 Å². The van der Waals surface area contributed by atoms with E-state index in [2.05, 4.69) is 92.5 Å². The zero-order valence-electron chi connectivity index (χ0n) is 16.2. The average molecular weight is 351 g/mol. The standard InChI is InChI=1S/C22H28N4/c1-17-21(18(2)26(24-17)20-13-9-6-10-14-20)15-23-16-22(25(3)4)19-11-7-5-8-12-19/h5-14,22-23H,15-16H2,1-4H3/p+2/t22-/m1/s1. The Hall–Kier alpha value is -2.43. The molecule has 0 amide bonds. The van der Waals surface area contributed by atoms with Gasteiger partial charge < -0.3 is 10.2 Å². The molecule has 0 saturated carbocycles. The summed E-state index contributed by atoms with van der Waals surface area (Å²) in [4.78, 5) is 1.46. The molecule has 0 aliphatic carbocycles. The molecule has 0 bridgehead atoms. The Morgan fingerprint density at radius 3 is 2.19 bits per heavy atom. The Kier molecular flexibility index (Phi) is 5.86. The van der Waals surface area contributed by atoms with Crippen LogP contribution in [0.4, 0.5) is 0 Å². The van der Waals surface area contributed by atoms with Crippen LogP contribution in [0.5, 0.6) is 0 Å². The van der Waals surface area contributed by atoms with E-state index in [-0.39, 0.29) is 0 Å². The Balaban J connectivity index is 1.71. The number of hydrogen-bond donors (Lipinski definition) is 2. The van der Waals surface area contributed by atoms with E-state index >= 15 is 0 Å². The zero-order valence-corrected chi connectivity index (χ0v) is 16.2. The van der Waals surface area contributed by atoms with Crippen LogP contribution >= 0.6 is 0 Å². The second-order valence-electron chi connectivity index (χ2n) is 7.17. The molecule has 2 aromatic carbocycles. The molecule has 0 spiro atoms. The number of aryl methyl sites for hydroxylation is 1. The molecule has 3 N–H and O–H groups in total. The smallest absolute Gasteiger partial charge is 0.162 e. The highest BCUT2D eigenvalue weighted by Gasteiger charge is 2.20. The highest BCUT2D eigenvalue weighted by molar-refractivity contribution is 5.36. The van der Waals surface area contributed by atoms with Crippen molar-refractivity contribution in [2.24, 2.45) is 0 Å². The molecule has 1 aromatic heterocycles. The number of nitrogens with one attached hydrogen (secondary N) is 1. The molecule has 0 saturated heterocycles. The number of nitrogens with two attached hydrogens (primary N) is 1. The van der Waals surface area contributed by atoms with Crippen LogP contribution in [0.2, 0.25) is 0 Å². The summed E-state index contributed by atoms with van der Waals surface area (Å²) in [6.45, 7) is 6.30. The maximum absolute atomic E-state index is 4.76. The van der Waals surface area contributed by atoms with Gasteiger partial charge in [-0.25, -0.2) is 4.68 Å². The molecule has 0 unspecified atom stereocenters. The van der Waals surface area contributed by atoms with Crippen LogP contribution in [0.25, 0.3) is 5.69 Å². The number of aromatic nitrogens is 2. The minimum atomic E-state index is 0.487. The molecular formula is C22H30N4+2. The van der Waals surface area contributed by atoms with Crippen molar-refractivity contribution in [3.63, 3.8) is 0 Å². The summed E-state index contributed by atoms with van der Waals surface area (Å²) in [6, 6.07) is 21.7. The first-order valence-electron chi connectivity index (χ1n) is 9.35. The summed E-state index contributed by atoms with van der Waals surface area (Å²) in [5, 5.41) is 7.18. The summed E-state index contributed by atoms with van der Waals surface area (Å²) in [5.41, 5.74) is 6.22. The topological polar surface area (TPSA) is 38.9 Å². The van der Waals surface area contributed by atoms with Gasteiger partial charge in [-0.3, -0.25) is 0 Å². The van der Waals surface area contributed by atoms with Crippen molar-refractivity contribution in [3.05, 3.63) is 83.2 Å². The van der Waals surface area contributed by atoms with Gasteiger partial charge in [0.2, 0.25) is 0 Å². The normalized spacial score (nSPS) is 12.5. The van der Waals surface area contributed by atoms with Gasteiger partial charge in [0.15, 0.2) is 6.04 Å². The lowest BCUT2D eigenvalue weighted by molar-refractivity contribution is -0.910. The Morgan fingerprint density at radius 1 is 0.962 bits per heavy atom. The van der Waals surface area contributed by atoms with E-state index in [1.165, 1.54) is 21.7 Å². The van der Waals surface area contributed by atoms with Crippen molar-refractivity contribution in [1.82, 2.24) is 9.78 Å². The van der Waals surface area contributed by atoms with Crippen LogP contribution in [0.1, 0.15) is 28.6 Å². The van der Waals surface area contributed by atoms with E-state index in [0.717, 1.165) is 24.5 Å². The van der Waals surface area contributed by atoms with Crippen LogP contribution in [0.3, 0.4) is 0 Å². The number of likely N-dealkylation sites (N-methyl/N-ethyl adjacent to an activating group) is 1. The average Bonchev–Trinajstić information content (AvgIpc) is 2.94. The second-order valence-corrected chi connectivity index (χ2v) is 7.17. The fraction of sp³-hybridized carbons (Fsp3) is 0.318. The fourth-order valence-corrected chi connectivity index (χ4v) is 3.58. The SMILES string of the molecule is Cc1nn(-c2ccccc2)c(C)c1C[NH2+]C[C@H](c1ccccc1)[NH+](C)C. The van der Waals surface area contributed by atoms with Crippen molar-refractivity contribution < 1.29 is 10.2 Å². The van der Waals surface area contributed by atoms with Gasteiger partial charge in [0.25, 0.3) is 0 Å². The predicted molar refractivity (Wildman–Crippen MR) is 106 cm³/mol. The van der Waals surface area contributed by atoms with E-state index in [9.17, 15) is 0 Å². The molecule has 4 nitrogen and oxygen atoms in total. The zero-order chi connectivity index (χ0) is 18.5. The molecule has 0 fully saturated rings. The van der Waals surface area contributed by atoms with Crippen LogP contribution in [-0.2, 0) is 6.54 Å². The van der Waals surface area contributed by atoms with Gasteiger partial charge in [-0.15, -0.1) is 0 Å². The highest BCUT2D eigenvalue weighted by Crippen LogP contribution is 2.16. The summed E-state index contributed by atoms with van der Waals surface area (Å²) in [5.74, 6) is 0. The second kappa shape index (κ2) is 8.30. The third-order valence-corrected chi connectivity index (χ3v) is 5.09. The van der Waals surface area contributed by atoms with Crippen LogP contribution < -0.4 is 10.2 Å². The van der Waals surface area contributed by atoms with Gasteiger partial charge >= 0.3 is 0 Å². The molecule has 26 heavy (non-hydrogen) atoms. The van der Waals surface area contributed by atoms with E-state index < -0.39 is 0 Å². The summed E-state index contributed by atoms with van der Waals surface area (Å²) >= 11 is 0. The molecule has 0 aliphatic heterocycles. The maximum atomic E-state index is 4.76. The van der Waals surface area contributed by atoms with Crippen molar-refractivity contribution in [2.45, 2.75) is 26.4 Å². The summed E-state index contributed by atoms with van der Waals surface area (Å²) in [6.07, 6.45) is 0. The van der Waals surface area contributed by atoms with E-state index in [4.69, 9.17) is 5.10 Å². The largest absolute Gasteiger partial charge is 0.337 e. The van der Waals surface area contributed by atoms with Crippen molar-refractivity contribution >= 4 is 0 Å². The first kappa shape index (κ1) is 18.4. The van der Waals surface area contributed by atoms with Gasteiger partial charge in [0.05, 0.1) is 36.7 Å². The predicted octanol–water partition coefficient (Wildman–Crippen LogP) is 1.44. The molecule has 4 heteroatoms. The number of hydrogen-bond acceptors (Lipinski definition) is 1. The van der Waals surface area contributed by atoms with Gasteiger partial charge in [-0.2, -0.15) is 5.10 Å². The Morgan fingerprint density at radius 2 is 1.58 bits per heavy atom. The summed E-state index contributed by atoms with van der Waals surface area (Å²) in [7, 11) is 4.46. The van der Waals surface area contributed by atoms with Gasteiger partial charge in [-0.05, 0) is 26.0 Å². The molecular weight excluding hydrogens is 320 g/mol. The van der Waals surface area contributed by atoms with Gasteiger partial charge in [0, 0.05) is 5.56 Å². The lowest BCUT2D eigenvalue weighted by atomic mass is 10.1. The Bertz CT molecular complexity index is 822. The van der Waals surface area contributed by atoms with Crippen molar-refractivity contribution in [1.29, 1.82) is 0 Å². The lowest BCUT2D eigenvalue weighted by Crippen LogP contribution is -3.09. The number of benzene rings is 2. The molecule has 3 rings (SSSR count). The Labute approximate surface area is 156 Å². The lowest BCUT2D eigenvalue weighted by Gasteiger charge is -2.20. The minimum Gasteiger partial charge on any atom is -0.337 e.